The lowest BCUT2D eigenvalue weighted by molar-refractivity contribution is 0.340. The molecule has 0 atom stereocenters. The highest BCUT2D eigenvalue weighted by atomic mass is 32.2. The summed E-state index contributed by atoms with van der Waals surface area (Å²) >= 11 is 3.43. The van der Waals surface area contributed by atoms with E-state index >= 15 is 0 Å². The fourth-order valence-electron chi connectivity index (χ4n) is 4.19. The van der Waals surface area contributed by atoms with Crippen molar-refractivity contribution in [1.82, 2.24) is 0 Å². The van der Waals surface area contributed by atoms with Crippen molar-refractivity contribution in [2.45, 2.75) is 23.6 Å². The molecule has 0 aromatic heterocycles. The molecule has 0 aliphatic carbocycles. The predicted molar refractivity (Wildman–Crippen MR) is 143 cm³/mol. The van der Waals surface area contributed by atoms with Gasteiger partial charge in [-0.25, -0.2) is 9.98 Å². The van der Waals surface area contributed by atoms with Crippen molar-refractivity contribution in [1.29, 1.82) is 0 Å². The number of hydrogen-bond acceptors (Lipinski definition) is 6. The number of ether oxygens (including phenoxy) is 2. The molecule has 0 bridgehead atoms. The first-order chi connectivity index (χ1) is 16.7. The van der Waals surface area contributed by atoms with Gasteiger partial charge in [0.2, 0.25) is 0 Å². The molecule has 0 N–H and O–H groups in total. The lowest BCUT2D eigenvalue weighted by atomic mass is 10.1. The zero-order chi connectivity index (χ0) is 23.1. The second kappa shape index (κ2) is 8.85. The summed E-state index contributed by atoms with van der Waals surface area (Å²) in [7, 11) is 0. The maximum atomic E-state index is 5.59. The molecule has 0 saturated heterocycles. The first-order valence-corrected chi connectivity index (χ1v) is 13.0. The molecule has 2 aliphatic rings. The maximum absolute atomic E-state index is 5.59. The molecule has 4 aromatic rings. The van der Waals surface area contributed by atoms with E-state index in [2.05, 4.69) is 48.5 Å². The van der Waals surface area contributed by atoms with Crippen molar-refractivity contribution in [3.05, 3.63) is 83.9 Å². The normalized spacial score (nSPS) is 13.9. The monoisotopic (exact) mass is 482 g/mol. The minimum atomic E-state index is 0.663. The van der Waals surface area contributed by atoms with Gasteiger partial charge < -0.3 is 9.47 Å². The van der Waals surface area contributed by atoms with Crippen LogP contribution < -0.4 is 9.47 Å². The van der Waals surface area contributed by atoms with Gasteiger partial charge in [-0.05, 0) is 86.6 Å². The Labute approximate surface area is 207 Å². The molecular formula is C28H22N2O2S2. The van der Waals surface area contributed by atoms with Crippen molar-refractivity contribution in [3.63, 3.8) is 0 Å². The molecule has 4 aromatic carbocycles. The Kier molecular flexibility index (Phi) is 5.55. The Morgan fingerprint density at radius 2 is 0.971 bits per heavy atom. The van der Waals surface area contributed by atoms with E-state index in [1.165, 1.54) is 20.6 Å². The van der Waals surface area contributed by atoms with Gasteiger partial charge >= 0.3 is 0 Å². The Hall–Kier alpha value is -3.22. The van der Waals surface area contributed by atoms with Crippen LogP contribution >= 0.6 is 23.5 Å². The van der Waals surface area contributed by atoms with E-state index in [9.17, 15) is 0 Å². The molecule has 6 rings (SSSR count). The summed E-state index contributed by atoms with van der Waals surface area (Å²) in [4.78, 5) is 12.5. The zero-order valence-electron chi connectivity index (χ0n) is 18.9. The standard InChI is InChI=1S/C28H22N2O2S2/c1-3-31-19-9-5-17(6-10-19)27-29-21-13-16-24-26-22(14-15-23(33-27)25(21)26)30-28(34-24)18-7-11-20(12-8-18)32-4-2/h5-16H,3-4H2,1-2H3. The van der Waals surface area contributed by atoms with E-state index in [0.29, 0.717) is 13.2 Å². The molecule has 0 unspecified atom stereocenters. The summed E-state index contributed by atoms with van der Waals surface area (Å²) in [5.74, 6) is 1.76. The smallest absolute Gasteiger partial charge is 0.119 e. The zero-order valence-corrected chi connectivity index (χ0v) is 20.5. The fraction of sp³-hybridized carbons (Fsp3) is 0.143. The number of aliphatic imine (C=N–C) groups is 2. The van der Waals surface area contributed by atoms with Crippen LogP contribution in [0.3, 0.4) is 0 Å². The third-order valence-electron chi connectivity index (χ3n) is 5.72. The van der Waals surface area contributed by atoms with Crippen LogP contribution in [0.5, 0.6) is 11.5 Å². The Morgan fingerprint density at radius 1 is 0.559 bits per heavy atom. The van der Waals surface area contributed by atoms with Crippen molar-refractivity contribution >= 4 is 55.8 Å². The van der Waals surface area contributed by atoms with Gasteiger partial charge in [-0.3, -0.25) is 0 Å². The van der Waals surface area contributed by atoms with E-state index < -0.39 is 0 Å². The van der Waals surface area contributed by atoms with Gasteiger partial charge in [0.15, 0.2) is 0 Å². The average Bonchev–Trinajstić information content (AvgIpc) is 2.88. The lowest BCUT2D eigenvalue weighted by Crippen LogP contribution is -2.03. The van der Waals surface area contributed by atoms with Gasteiger partial charge in [-0.2, -0.15) is 0 Å². The van der Waals surface area contributed by atoms with Crippen LogP contribution in [0.4, 0.5) is 11.4 Å². The maximum Gasteiger partial charge on any atom is 0.119 e. The van der Waals surface area contributed by atoms with Crippen LogP contribution in [-0.4, -0.2) is 23.3 Å². The minimum absolute atomic E-state index is 0.663. The lowest BCUT2D eigenvalue weighted by Gasteiger charge is -2.22. The molecule has 0 fully saturated rings. The van der Waals surface area contributed by atoms with Gasteiger partial charge in [0, 0.05) is 31.7 Å². The molecule has 0 amide bonds. The Morgan fingerprint density at radius 3 is 1.35 bits per heavy atom. The average molecular weight is 483 g/mol. The van der Waals surface area contributed by atoms with Gasteiger partial charge in [0.25, 0.3) is 0 Å². The third kappa shape index (κ3) is 3.77. The molecule has 34 heavy (non-hydrogen) atoms. The van der Waals surface area contributed by atoms with Crippen LogP contribution in [0.25, 0.3) is 10.8 Å². The summed E-state index contributed by atoms with van der Waals surface area (Å²) in [6.07, 6.45) is 0. The molecule has 4 nitrogen and oxygen atoms in total. The summed E-state index contributed by atoms with van der Waals surface area (Å²) in [6.45, 7) is 5.31. The number of rotatable bonds is 6. The van der Waals surface area contributed by atoms with Crippen LogP contribution in [-0.2, 0) is 0 Å². The number of benzene rings is 4. The molecule has 168 valence electrons. The first kappa shape index (κ1) is 21.3. The molecular weight excluding hydrogens is 460 g/mol. The van der Waals surface area contributed by atoms with E-state index in [0.717, 1.165) is 44.1 Å². The van der Waals surface area contributed by atoms with Crippen molar-refractivity contribution < 1.29 is 9.47 Å². The second-order valence-electron chi connectivity index (χ2n) is 7.87. The van der Waals surface area contributed by atoms with Crippen molar-refractivity contribution in [2.75, 3.05) is 13.2 Å². The summed E-state index contributed by atoms with van der Waals surface area (Å²) in [5.41, 5.74) is 4.19. The molecule has 2 heterocycles. The first-order valence-electron chi connectivity index (χ1n) is 11.3. The Bertz CT molecular complexity index is 1350. The Balaban J connectivity index is 1.38. The van der Waals surface area contributed by atoms with Gasteiger partial charge in [-0.15, -0.1) is 0 Å². The molecule has 6 heteroatoms. The second-order valence-corrected chi connectivity index (χ2v) is 9.93. The molecule has 0 saturated carbocycles. The number of hydrogen-bond donors (Lipinski definition) is 0. The van der Waals surface area contributed by atoms with Crippen LogP contribution in [0.1, 0.15) is 25.0 Å². The van der Waals surface area contributed by atoms with Crippen LogP contribution in [0.15, 0.2) is 92.6 Å². The van der Waals surface area contributed by atoms with E-state index in [1.54, 1.807) is 23.5 Å². The van der Waals surface area contributed by atoms with Crippen LogP contribution in [0, 0.1) is 0 Å². The topological polar surface area (TPSA) is 43.2 Å². The summed E-state index contributed by atoms with van der Waals surface area (Å²) in [5, 5.41) is 4.38. The van der Waals surface area contributed by atoms with Crippen LogP contribution in [0.2, 0.25) is 0 Å². The SMILES string of the molecule is CCOc1ccc(C2=Nc3ccc4c5c(ccc(c35)S2)N=C(c2ccc(OCC)cc2)S4)cc1. The van der Waals surface area contributed by atoms with Crippen molar-refractivity contribution in [3.8, 4) is 11.5 Å². The minimum Gasteiger partial charge on any atom is -0.494 e. The van der Waals surface area contributed by atoms with Gasteiger partial charge in [0.05, 0.1) is 24.6 Å². The molecule has 2 aliphatic heterocycles. The van der Waals surface area contributed by atoms with Gasteiger partial charge in [-0.1, -0.05) is 23.5 Å². The van der Waals surface area contributed by atoms with Gasteiger partial charge in [0.1, 0.15) is 21.6 Å². The number of thioether (sulfide) groups is 2. The quantitative estimate of drug-likeness (QED) is 0.279. The third-order valence-corrected chi connectivity index (χ3v) is 7.88. The highest BCUT2D eigenvalue weighted by Crippen LogP contribution is 2.50. The highest BCUT2D eigenvalue weighted by Gasteiger charge is 2.24. The summed E-state index contributed by atoms with van der Waals surface area (Å²) < 4.78 is 11.2. The van der Waals surface area contributed by atoms with Crippen molar-refractivity contribution in [2.24, 2.45) is 9.98 Å². The molecule has 0 spiro atoms. The van der Waals surface area contributed by atoms with E-state index in [4.69, 9.17) is 19.5 Å². The number of nitrogens with zero attached hydrogens (tertiary/aromatic N) is 2. The highest BCUT2D eigenvalue weighted by molar-refractivity contribution is 8.15. The molecule has 0 radical (unpaired) electrons. The predicted octanol–water partition coefficient (Wildman–Crippen LogP) is 8.01. The van der Waals surface area contributed by atoms with E-state index in [-0.39, 0.29) is 0 Å². The fourth-order valence-corrected chi connectivity index (χ4v) is 6.30. The largest absolute Gasteiger partial charge is 0.494 e. The van der Waals surface area contributed by atoms with E-state index in [1.807, 2.05) is 38.1 Å². The summed E-state index contributed by atoms with van der Waals surface area (Å²) in [6, 6.07) is 24.9.